The zero-order valence-electron chi connectivity index (χ0n) is 13.6. The number of anilines is 1. The average Bonchev–Trinajstić information content (AvgIpc) is 2.48. The van der Waals surface area contributed by atoms with Crippen molar-refractivity contribution in [3.63, 3.8) is 0 Å². The van der Waals surface area contributed by atoms with Gasteiger partial charge in [-0.15, -0.1) is 0 Å². The summed E-state index contributed by atoms with van der Waals surface area (Å²) in [6.07, 6.45) is 1.90. The molecule has 0 bridgehead atoms. The summed E-state index contributed by atoms with van der Waals surface area (Å²) in [4.78, 5) is 11.1. The van der Waals surface area contributed by atoms with Crippen molar-refractivity contribution >= 4 is 11.6 Å². The van der Waals surface area contributed by atoms with Gasteiger partial charge in [0.2, 0.25) is 5.91 Å². The number of nitrogens with one attached hydrogen (secondary N) is 2. The molecule has 0 aliphatic heterocycles. The maximum Gasteiger partial charge on any atom is 0.221 e. The largest absolute Gasteiger partial charge is 0.396 e. The van der Waals surface area contributed by atoms with Crippen molar-refractivity contribution in [1.29, 1.82) is 0 Å². The van der Waals surface area contributed by atoms with Crippen molar-refractivity contribution in [2.45, 2.75) is 46.6 Å². The predicted molar refractivity (Wildman–Crippen MR) is 87.3 cm³/mol. The van der Waals surface area contributed by atoms with E-state index in [4.69, 9.17) is 0 Å². The topological polar surface area (TPSA) is 61.4 Å². The van der Waals surface area contributed by atoms with E-state index in [1.165, 1.54) is 6.92 Å². The van der Waals surface area contributed by atoms with Gasteiger partial charge in [-0.1, -0.05) is 26.0 Å². The van der Waals surface area contributed by atoms with Crippen molar-refractivity contribution in [3.8, 4) is 0 Å². The van der Waals surface area contributed by atoms with E-state index in [0.717, 1.165) is 30.6 Å². The van der Waals surface area contributed by atoms with Crippen LogP contribution in [0.2, 0.25) is 0 Å². The predicted octanol–water partition coefficient (Wildman–Crippen LogP) is 3.09. The number of hydrogen-bond acceptors (Lipinski definition) is 3. The molecule has 1 atom stereocenters. The molecule has 1 rings (SSSR count). The summed E-state index contributed by atoms with van der Waals surface area (Å²) in [6, 6.07) is 8.02. The lowest BCUT2D eigenvalue weighted by molar-refractivity contribution is -0.114. The molecular formula is C17H28N2O2. The molecule has 3 N–H and O–H groups in total. The number of hydrogen-bond donors (Lipinski definition) is 3. The first-order valence-corrected chi connectivity index (χ1v) is 7.68. The van der Waals surface area contributed by atoms with Gasteiger partial charge in [-0.25, -0.2) is 0 Å². The van der Waals surface area contributed by atoms with Crippen LogP contribution in [0.3, 0.4) is 0 Å². The molecule has 0 aromatic heterocycles. The Morgan fingerprint density at radius 2 is 2.00 bits per heavy atom. The summed E-state index contributed by atoms with van der Waals surface area (Å²) < 4.78 is 0. The molecule has 4 heteroatoms. The number of rotatable bonds is 8. The molecule has 1 aromatic rings. The first-order chi connectivity index (χ1) is 9.96. The van der Waals surface area contributed by atoms with Gasteiger partial charge >= 0.3 is 0 Å². The van der Waals surface area contributed by atoms with E-state index in [0.29, 0.717) is 0 Å². The molecule has 1 amide bonds. The van der Waals surface area contributed by atoms with Crippen LogP contribution in [0.15, 0.2) is 24.3 Å². The SMILES string of the molecule is CCC(CC)(CO)CNC(C)c1cccc(NC(C)=O)c1. The molecular weight excluding hydrogens is 264 g/mol. The lowest BCUT2D eigenvalue weighted by Gasteiger charge is -2.31. The fraction of sp³-hybridized carbons (Fsp3) is 0.588. The minimum Gasteiger partial charge on any atom is -0.396 e. The van der Waals surface area contributed by atoms with Crippen LogP contribution in [0.25, 0.3) is 0 Å². The summed E-state index contributed by atoms with van der Waals surface area (Å²) >= 11 is 0. The molecule has 4 nitrogen and oxygen atoms in total. The molecule has 1 unspecified atom stereocenters. The van der Waals surface area contributed by atoms with Gasteiger partial charge in [-0.05, 0) is 37.5 Å². The Hall–Kier alpha value is -1.39. The summed E-state index contributed by atoms with van der Waals surface area (Å²) in [5.41, 5.74) is 1.89. The fourth-order valence-corrected chi connectivity index (χ4v) is 2.36. The Labute approximate surface area is 128 Å². The average molecular weight is 292 g/mol. The lowest BCUT2D eigenvalue weighted by atomic mass is 9.83. The Morgan fingerprint density at radius 1 is 1.33 bits per heavy atom. The molecule has 0 aliphatic carbocycles. The Balaban J connectivity index is 2.71. The summed E-state index contributed by atoms with van der Waals surface area (Å²) in [6.45, 7) is 8.81. The molecule has 118 valence electrons. The van der Waals surface area contributed by atoms with Crippen molar-refractivity contribution in [3.05, 3.63) is 29.8 Å². The summed E-state index contributed by atoms with van der Waals surface area (Å²) in [7, 11) is 0. The van der Waals surface area contributed by atoms with Crippen LogP contribution < -0.4 is 10.6 Å². The van der Waals surface area contributed by atoms with Crippen LogP contribution in [0.4, 0.5) is 5.69 Å². The van der Waals surface area contributed by atoms with E-state index in [1.54, 1.807) is 0 Å². The van der Waals surface area contributed by atoms with E-state index < -0.39 is 0 Å². The Bertz CT molecular complexity index is 448. The van der Waals surface area contributed by atoms with Crippen LogP contribution in [0.1, 0.15) is 52.1 Å². The molecule has 0 aliphatic rings. The van der Waals surface area contributed by atoms with E-state index in [-0.39, 0.29) is 24.0 Å². The highest BCUT2D eigenvalue weighted by Gasteiger charge is 2.25. The number of carbonyl (C=O) groups excluding carboxylic acids is 1. The molecule has 0 heterocycles. The Morgan fingerprint density at radius 3 is 2.52 bits per heavy atom. The lowest BCUT2D eigenvalue weighted by Crippen LogP contribution is -2.37. The first kappa shape index (κ1) is 17.7. The zero-order valence-corrected chi connectivity index (χ0v) is 13.6. The quantitative estimate of drug-likeness (QED) is 0.690. The highest BCUT2D eigenvalue weighted by molar-refractivity contribution is 5.88. The fourth-order valence-electron chi connectivity index (χ4n) is 2.36. The van der Waals surface area contributed by atoms with E-state index in [2.05, 4.69) is 31.4 Å². The van der Waals surface area contributed by atoms with Gasteiger partial charge in [0.05, 0.1) is 0 Å². The van der Waals surface area contributed by atoms with Crippen molar-refractivity contribution in [1.82, 2.24) is 5.32 Å². The minimum atomic E-state index is -0.0657. The van der Waals surface area contributed by atoms with E-state index in [1.807, 2.05) is 24.3 Å². The van der Waals surface area contributed by atoms with E-state index in [9.17, 15) is 9.90 Å². The molecule has 0 radical (unpaired) electrons. The molecule has 0 fully saturated rings. The van der Waals surface area contributed by atoms with Gasteiger partial charge in [-0.3, -0.25) is 4.79 Å². The van der Waals surface area contributed by atoms with Gasteiger partial charge in [0.1, 0.15) is 0 Å². The summed E-state index contributed by atoms with van der Waals surface area (Å²) in [5.74, 6) is -0.0657. The molecule has 0 spiro atoms. The van der Waals surface area contributed by atoms with Gasteiger partial charge in [-0.2, -0.15) is 0 Å². The molecule has 21 heavy (non-hydrogen) atoms. The monoisotopic (exact) mass is 292 g/mol. The van der Waals surface area contributed by atoms with Crippen LogP contribution in [-0.4, -0.2) is 24.2 Å². The van der Waals surface area contributed by atoms with Crippen molar-refractivity contribution < 1.29 is 9.90 Å². The molecule has 0 saturated heterocycles. The van der Waals surface area contributed by atoms with Crippen LogP contribution in [0, 0.1) is 5.41 Å². The van der Waals surface area contributed by atoms with Crippen LogP contribution in [-0.2, 0) is 4.79 Å². The van der Waals surface area contributed by atoms with Gasteiger partial charge in [0.25, 0.3) is 0 Å². The highest BCUT2D eigenvalue weighted by atomic mass is 16.3. The zero-order chi connectivity index (χ0) is 15.9. The minimum absolute atomic E-state index is 0.0521. The molecule has 0 saturated carbocycles. The smallest absolute Gasteiger partial charge is 0.221 e. The summed E-state index contributed by atoms with van der Waals surface area (Å²) in [5, 5.41) is 15.9. The van der Waals surface area contributed by atoms with Gasteiger partial charge < -0.3 is 15.7 Å². The standard InChI is InChI=1S/C17H28N2O2/c1-5-17(6-2,12-20)11-18-13(3)15-8-7-9-16(10-15)19-14(4)21/h7-10,13,18,20H,5-6,11-12H2,1-4H3,(H,19,21). The van der Waals surface area contributed by atoms with Gasteiger partial charge in [0.15, 0.2) is 0 Å². The normalized spacial score (nSPS) is 13.0. The third kappa shape index (κ3) is 5.14. The number of carbonyl (C=O) groups is 1. The highest BCUT2D eigenvalue weighted by Crippen LogP contribution is 2.26. The second-order valence-electron chi connectivity index (χ2n) is 5.77. The maximum absolute atomic E-state index is 11.1. The second kappa shape index (κ2) is 8.15. The van der Waals surface area contributed by atoms with Crippen LogP contribution in [0.5, 0.6) is 0 Å². The van der Waals surface area contributed by atoms with E-state index >= 15 is 0 Å². The van der Waals surface area contributed by atoms with Crippen LogP contribution >= 0.6 is 0 Å². The third-order valence-electron chi connectivity index (χ3n) is 4.33. The number of aliphatic hydroxyl groups is 1. The number of amides is 1. The van der Waals surface area contributed by atoms with Gasteiger partial charge in [0, 0.05) is 37.2 Å². The van der Waals surface area contributed by atoms with Crippen molar-refractivity contribution in [2.75, 3.05) is 18.5 Å². The Kier molecular flexibility index (Phi) is 6.85. The van der Waals surface area contributed by atoms with Crippen molar-refractivity contribution in [2.24, 2.45) is 5.41 Å². The number of aliphatic hydroxyl groups excluding tert-OH is 1. The third-order valence-corrected chi connectivity index (χ3v) is 4.33. The second-order valence-corrected chi connectivity index (χ2v) is 5.77. The number of benzene rings is 1. The molecule has 1 aromatic carbocycles. The first-order valence-electron chi connectivity index (χ1n) is 7.68. The maximum atomic E-state index is 11.1.